The minimum Gasteiger partial charge on any atom is -0.0996 e. The minimum atomic E-state index is -2.04. The van der Waals surface area contributed by atoms with Crippen molar-refractivity contribution in [3.05, 3.63) is 102 Å². The van der Waals surface area contributed by atoms with Gasteiger partial charge in [-0.3, -0.25) is 0 Å². The van der Waals surface area contributed by atoms with Gasteiger partial charge in [0, 0.05) is 5.56 Å². The summed E-state index contributed by atoms with van der Waals surface area (Å²) in [5.41, 5.74) is 3.71. The summed E-state index contributed by atoms with van der Waals surface area (Å²) in [6.45, 7) is 0. The predicted octanol–water partition coefficient (Wildman–Crippen LogP) is 4.97. The van der Waals surface area contributed by atoms with Crippen molar-refractivity contribution in [3.63, 3.8) is 0 Å². The molecule has 0 aliphatic carbocycles. The van der Waals surface area contributed by atoms with Crippen LogP contribution in [0.2, 0.25) is 0 Å². The number of hydrogen-bond acceptors (Lipinski definition) is 1. The van der Waals surface area contributed by atoms with Gasteiger partial charge in [-0.25, -0.2) is 0 Å². The van der Waals surface area contributed by atoms with Gasteiger partial charge in [-0.05, 0) is 29.7 Å². The molecule has 2 heteroatoms. The molecule has 0 spiro atoms. The van der Waals surface area contributed by atoms with Crippen LogP contribution in [0.25, 0.3) is 0 Å². The van der Waals surface area contributed by atoms with Crippen molar-refractivity contribution in [2.45, 2.75) is 17.1 Å². The normalized spacial score (nSPS) is 13.4. The van der Waals surface area contributed by atoms with Crippen LogP contribution in [-0.2, 0) is 26.3 Å². The third-order valence-corrected chi connectivity index (χ3v) is 6.11. The van der Waals surface area contributed by atoms with Crippen molar-refractivity contribution in [3.8, 4) is 0 Å². The fraction of sp³-hybridized carbons (Fsp3) is 0.143. The molecule has 23 heavy (non-hydrogen) atoms. The Hall–Kier alpha value is -2.19. The largest absolute Gasteiger partial charge is 0.158 e. The van der Waals surface area contributed by atoms with E-state index in [0.29, 0.717) is 5.75 Å². The second kappa shape index (κ2) is 6.93. The van der Waals surface area contributed by atoms with Crippen LogP contribution >= 0.6 is 0 Å². The Kier molecular flexibility index (Phi) is 4.73. The van der Waals surface area contributed by atoms with E-state index in [1.807, 2.05) is 42.7 Å². The maximum absolute atomic E-state index is 12.9. The Balaban J connectivity index is 1.71. The summed E-state index contributed by atoms with van der Waals surface area (Å²) < 4.78 is 12.9. The van der Waals surface area contributed by atoms with Crippen LogP contribution in [0.4, 0.5) is 0 Å². The minimum absolute atomic E-state index is 0.586. The first kappa shape index (κ1) is 15.7. The second-order valence-corrected chi connectivity index (χ2v) is 8.71. The molecule has 0 aliphatic heterocycles. The smallest absolute Gasteiger partial charge is 0.0996 e. The molecule has 1 unspecified atom stereocenters. The van der Waals surface area contributed by atoms with E-state index in [-0.39, 0.29) is 0 Å². The van der Waals surface area contributed by atoms with E-state index in [1.165, 1.54) is 11.1 Å². The van der Waals surface area contributed by atoms with Crippen molar-refractivity contribution >= 4 is 9.93 Å². The van der Waals surface area contributed by atoms with Gasteiger partial charge in [0.15, 0.2) is 4.90 Å². The van der Waals surface area contributed by atoms with E-state index in [9.17, 15) is 4.21 Å². The van der Waals surface area contributed by atoms with E-state index in [1.54, 1.807) is 0 Å². The number of hydrogen-bond donors (Lipinski definition) is 0. The van der Waals surface area contributed by atoms with Crippen LogP contribution in [0.15, 0.2) is 89.8 Å². The highest BCUT2D eigenvalue weighted by molar-refractivity contribution is 8.01. The van der Waals surface area contributed by atoms with Crippen LogP contribution in [0.5, 0.6) is 0 Å². The molecule has 0 bridgehead atoms. The lowest BCUT2D eigenvalue weighted by Crippen LogP contribution is -2.11. The van der Waals surface area contributed by atoms with Crippen LogP contribution in [-0.4, -0.2) is 6.26 Å². The molecule has 0 fully saturated rings. The van der Waals surface area contributed by atoms with Gasteiger partial charge in [0.2, 0.25) is 0 Å². The third kappa shape index (κ3) is 4.17. The van der Waals surface area contributed by atoms with Gasteiger partial charge in [0.25, 0.3) is 0 Å². The summed E-state index contributed by atoms with van der Waals surface area (Å²) >= 11 is 0. The molecule has 0 saturated carbocycles. The van der Waals surface area contributed by atoms with Gasteiger partial charge < -0.3 is 0 Å². The molecule has 0 N–H and O–H groups in total. The molecule has 3 aromatic rings. The number of rotatable bonds is 5. The fourth-order valence-corrected chi connectivity index (χ4v) is 4.42. The van der Waals surface area contributed by atoms with Gasteiger partial charge in [-0.1, -0.05) is 77.0 Å². The molecule has 3 aromatic carbocycles. The molecular formula is C21H21OS+. The second-order valence-electron chi connectivity index (χ2n) is 5.94. The molecule has 1 nitrogen and oxygen atoms in total. The molecule has 0 saturated heterocycles. The summed E-state index contributed by atoms with van der Waals surface area (Å²) in [7, 11) is -2.04. The summed E-state index contributed by atoms with van der Waals surface area (Å²) in [6, 6.07) is 28.7. The molecule has 0 amide bonds. The molecular weight excluding hydrogens is 300 g/mol. The van der Waals surface area contributed by atoms with Crippen molar-refractivity contribution in [1.82, 2.24) is 0 Å². The Bertz CT molecular complexity index is 792. The zero-order valence-corrected chi connectivity index (χ0v) is 14.1. The summed E-state index contributed by atoms with van der Waals surface area (Å²) in [5.74, 6) is 0.586. The Morgan fingerprint density at radius 1 is 0.652 bits per heavy atom. The highest BCUT2D eigenvalue weighted by atomic mass is 32.2. The van der Waals surface area contributed by atoms with E-state index in [0.717, 1.165) is 16.9 Å². The highest BCUT2D eigenvalue weighted by Crippen LogP contribution is 2.22. The maximum atomic E-state index is 12.9. The fourth-order valence-electron chi connectivity index (χ4n) is 2.69. The standard InChI is InChI=1S/C21H21OS/c1-23(22,21-10-6-3-7-11-21)17-20-14-12-19(13-15-20)16-18-8-4-2-5-9-18/h2-15H,16-17H2,1H3/q+1. The average molecular weight is 321 g/mol. The zero-order valence-electron chi connectivity index (χ0n) is 13.3. The van der Waals surface area contributed by atoms with Gasteiger partial charge in [-0.2, -0.15) is 0 Å². The topological polar surface area (TPSA) is 17.1 Å². The molecule has 0 aromatic heterocycles. The van der Waals surface area contributed by atoms with E-state index >= 15 is 0 Å². The number of benzene rings is 3. The van der Waals surface area contributed by atoms with E-state index in [2.05, 4.69) is 48.5 Å². The quantitative estimate of drug-likeness (QED) is 0.607. The van der Waals surface area contributed by atoms with Crippen molar-refractivity contribution < 1.29 is 4.21 Å². The molecule has 3 rings (SSSR count). The van der Waals surface area contributed by atoms with Crippen LogP contribution in [0.3, 0.4) is 0 Å². The van der Waals surface area contributed by atoms with Crippen LogP contribution in [0, 0.1) is 0 Å². The van der Waals surface area contributed by atoms with Gasteiger partial charge in [0.1, 0.15) is 21.9 Å². The predicted molar refractivity (Wildman–Crippen MR) is 98.1 cm³/mol. The molecule has 116 valence electrons. The van der Waals surface area contributed by atoms with Gasteiger partial charge >= 0.3 is 0 Å². The maximum Gasteiger partial charge on any atom is 0.158 e. The lowest BCUT2D eigenvalue weighted by Gasteiger charge is -2.08. The lowest BCUT2D eigenvalue weighted by atomic mass is 10.0. The molecule has 0 aliphatic rings. The van der Waals surface area contributed by atoms with Gasteiger partial charge in [0.05, 0.1) is 0 Å². The Labute approximate surface area is 139 Å². The average Bonchev–Trinajstić information content (AvgIpc) is 2.58. The summed E-state index contributed by atoms with van der Waals surface area (Å²) in [5, 5.41) is 0. The van der Waals surface area contributed by atoms with Crippen molar-refractivity contribution in [2.75, 3.05) is 6.26 Å². The molecule has 1 atom stereocenters. The van der Waals surface area contributed by atoms with Crippen LogP contribution < -0.4 is 0 Å². The first-order valence-electron chi connectivity index (χ1n) is 7.77. The Morgan fingerprint density at radius 2 is 1.13 bits per heavy atom. The summed E-state index contributed by atoms with van der Waals surface area (Å²) in [6.07, 6.45) is 2.78. The molecule has 0 heterocycles. The first-order chi connectivity index (χ1) is 11.1. The van der Waals surface area contributed by atoms with Crippen molar-refractivity contribution in [2.24, 2.45) is 0 Å². The highest BCUT2D eigenvalue weighted by Gasteiger charge is 2.24. The lowest BCUT2D eigenvalue weighted by molar-refractivity contribution is 0.587. The van der Waals surface area contributed by atoms with Crippen LogP contribution in [0.1, 0.15) is 16.7 Å². The Morgan fingerprint density at radius 3 is 1.74 bits per heavy atom. The van der Waals surface area contributed by atoms with E-state index in [4.69, 9.17) is 0 Å². The zero-order chi connectivity index (χ0) is 16.1. The van der Waals surface area contributed by atoms with Crippen molar-refractivity contribution in [1.29, 1.82) is 0 Å². The molecule has 0 radical (unpaired) electrons. The summed E-state index contributed by atoms with van der Waals surface area (Å²) in [4.78, 5) is 0.924. The third-order valence-electron chi connectivity index (χ3n) is 3.96. The monoisotopic (exact) mass is 321 g/mol. The SMILES string of the molecule is C[S+](=O)(Cc1ccc(Cc2ccccc2)cc1)c1ccccc1. The van der Waals surface area contributed by atoms with Gasteiger partial charge in [-0.15, -0.1) is 0 Å². The first-order valence-corrected chi connectivity index (χ1v) is 9.91. The van der Waals surface area contributed by atoms with E-state index < -0.39 is 9.93 Å².